The first kappa shape index (κ1) is 14.5. The summed E-state index contributed by atoms with van der Waals surface area (Å²) < 4.78 is 0.720. The van der Waals surface area contributed by atoms with Gasteiger partial charge in [-0.1, -0.05) is 11.6 Å². The summed E-state index contributed by atoms with van der Waals surface area (Å²) in [5, 5.41) is 14.4. The van der Waals surface area contributed by atoms with Gasteiger partial charge in [-0.25, -0.2) is 4.98 Å². The highest BCUT2D eigenvalue weighted by Crippen LogP contribution is 2.33. The maximum absolute atomic E-state index is 11.0. The zero-order chi connectivity index (χ0) is 14.9. The molecule has 0 atom stereocenters. The van der Waals surface area contributed by atoms with Gasteiger partial charge in [0.2, 0.25) is 5.82 Å². The van der Waals surface area contributed by atoms with Crippen LogP contribution in [0, 0.1) is 17.0 Å². The molecule has 0 saturated carbocycles. The standard InChI is InChI=1S/C12H10BrClN4O2/c1-6-4-7(13)9(5-8(6)14)16-12-10(18(19)20)2-3-11(15)17-12/h2-5H,1H3,(H3,15,16,17). The van der Waals surface area contributed by atoms with Gasteiger partial charge in [0.15, 0.2) is 0 Å². The number of nitro groups is 1. The molecule has 1 aromatic heterocycles. The quantitative estimate of drug-likeness (QED) is 0.638. The molecule has 8 heteroatoms. The van der Waals surface area contributed by atoms with Crippen molar-refractivity contribution in [2.75, 3.05) is 11.1 Å². The van der Waals surface area contributed by atoms with Crippen molar-refractivity contribution >= 4 is 50.5 Å². The lowest BCUT2D eigenvalue weighted by Gasteiger charge is -2.10. The fourth-order valence-corrected chi connectivity index (χ4v) is 2.30. The minimum Gasteiger partial charge on any atom is -0.384 e. The molecule has 3 N–H and O–H groups in total. The van der Waals surface area contributed by atoms with Crippen molar-refractivity contribution in [1.29, 1.82) is 0 Å². The second kappa shape index (κ2) is 5.64. The van der Waals surface area contributed by atoms with Crippen LogP contribution in [0.25, 0.3) is 0 Å². The number of rotatable bonds is 3. The molecule has 0 radical (unpaired) electrons. The van der Waals surface area contributed by atoms with Crippen molar-refractivity contribution in [2.45, 2.75) is 6.92 Å². The molecule has 2 aromatic rings. The van der Waals surface area contributed by atoms with Crippen LogP contribution in [0.15, 0.2) is 28.7 Å². The molecular weight excluding hydrogens is 348 g/mol. The molecule has 1 heterocycles. The van der Waals surface area contributed by atoms with E-state index in [2.05, 4.69) is 26.2 Å². The summed E-state index contributed by atoms with van der Waals surface area (Å²) in [7, 11) is 0. The normalized spacial score (nSPS) is 10.3. The molecule has 0 amide bonds. The molecule has 0 aliphatic carbocycles. The molecule has 1 aromatic carbocycles. The van der Waals surface area contributed by atoms with Gasteiger partial charge in [-0.2, -0.15) is 0 Å². The number of nitrogens with two attached hydrogens (primary N) is 1. The minimum absolute atomic E-state index is 0.0654. The third kappa shape index (κ3) is 3.00. The Morgan fingerprint density at radius 3 is 2.80 bits per heavy atom. The summed E-state index contributed by atoms with van der Waals surface area (Å²) in [6, 6.07) is 6.15. The Balaban J connectivity index is 2.47. The molecule has 0 aliphatic heterocycles. The van der Waals surface area contributed by atoms with Crippen molar-refractivity contribution in [3.63, 3.8) is 0 Å². The highest BCUT2D eigenvalue weighted by Gasteiger charge is 2.17. The Labute approximate surface area is 128 Å². The third-order valence-corrected chi connectivity index (χ3v) is 3.66. The first-order valence-corrected chi connectivity index (χ1v) is 6.69. The highest BCUT2D eigenvalue weighted by atomic mass is 79.9. The topological polar surface area (TPSA) is 94.1 Å². The Hall–Kier alpha value is -1.86. The second-order valence-electron chi connectivity index (χ2n) is 4.07. The van der Waals surface area contributed by atoms with Crippen LogP contribution in [0.2, 0.25) is 5.02 Å². The number of anilines is 3. The van der Waals surface area contributed by atoms with Crippen molar-refractivity contribution in [2.24, 2.45) is 0 Å². The van der Waals surface area contributed by atoms with Crippen LogP contribution in [-0.4, -0.2) is 9.91 Å². The zero-order valence-corrected chi connectivity index (χ0v) is 12.7. The van der Waals surface area contributed by atoms with E-state index in [9.17, 15) is 10.1 Å². The number of nitrogens with one attached hydrogen (secondary N) is 1. The molecule has 0 aliphatic rings. The SMILES string of the molecule is Cc1cc(Br)c(Nc2nc(N)ccc2[N+](=O)[O-])cc1Cl. The fourth-order valence-electron chi connectivity index (χ4n) is 1.58. The maximum atomic E-state index is 11.0. The van der Waals surface area contributed by atoms with Crippen LogP contribution in [0.4, 0.5) is 23.0 Å². The van der Waals surface area contributed by atoms with Gasteiger partial charge >= 0.3 is 5.69 Å². The smallest absolute Gasteiger partial charge is 0.311 e. The van der Waals surface area contributed by atoms with Crippen LogP contribution >= 0.6 is 27.5 Å². The molecule has 0 spiro atoms. The number of pyridine rings is 1. The van der Waals surface area contributed by atoms with Gasteiger partial charge in [-0.15, -0.1) is 0 Å². The van der Waals surface area contributed by atoms with Crippen LogP contribution < -0.4 is 11.1 Å². The Morgan fingerprint density at radius 2 is 2.15 bits per heavy atom. The highest BCUT2D eigenvalue weighted by molar-refractivity contribution is 9.10. The van der Waals surface area contributed by atoms with Gasteiger partial charge in [0.1, 0.15) is 5.82 Å². The lowest BCUT2D eigenvalue weighted by atomic mass is 10.2. The fraction of sp³-hybridized carbons (Fsp3) is 0.0833. The van der Waals surface area contributed by atoms with Crippen molar-refractivity contribution in [3.05, 3.63) is 49.4 Å². The van der Waals surface area contributed by atoms with E-state index in [0.29, 0.717) is 10.7 Å². The molecule has 6 nitrogen and oxygen atoms in total. The molecular formula is C12H10BrClN4O2. The van der Waals surface area contributed by atoms with Crippen molar-refractivity contribution in [3.8, 4) is 0 Å². The van der Waals surface area contributed by atoms with E-state index < -0.39 is 4.92 Å². The Kier molecular flexibility index (Phi) is 4.10. The number of halogens is 2. The van der Waals surface area contributed by atoms with Gasteiger partial charge in [0.05, 0.1) is 10.6 Å². The monoisotopic (exact) mass is 356 g/mol. The third-order valence-electron chi connectivity index (χ3n) is 2.59. The first-order chi connectivity index (χ1) is 9.38. The zero-order valence-electron chi connectivity index (χ0n) is 10.4. The average Bonchev–Trinajstić information content (AvgIpc) is 2.35. The molecule has 20 heavy (non-hydrogen) atoms. The van der Waals surface area contributed by atoms with Gasteiger partial charge < -0.3 is 11.1 Å². The summed E-state index contributed by atoms with van der Waals surface area (Å²) >= 11 is 9.41. The van der Waals surface area contributed by atoms with E-state index in [1.807, 2.05) is 13.0 Å². The number of benzene rings is 1. The summed E-state index contributed by atoms with van der Waals surface area (Å²) in [5.74, 6) is 0.253. The van der Waals surface area contributed by atoms with Crippen molar-refractivity contribution < 1.29 is 4.92 Å². The summed E-state index contributed by atoms with van der Waals surface area (Å²) in [6.07, 6.45) is 0. The predicted molar refractivity (Wildman–Crippen MR) is 82.5 cm³/mol. The molecule has 0 bridgehead atoms. The van der Waals surface area contributed by atoms with E-state index in [1.165, 1.54) is 12.1 Å². The number of hydrogen-bond donors (Lipinski definition) is 2. The van der Waals surface area contributed by atoms with E-state index in [4.69, 9.17) is 17.3 Å². The van der Waals surface area contributed by atoms with Gasteiger partial charge in [-0.05, 0) is 46.6 Å². The number of aromatic nitrogens is 1. The van der Waals surface area contributed by atoms with E-state index in [-0.39, 0.29) is 17.3 Å². The first-order valence-electron chi connectivity index (χ1n) is 5.52. The lowest BCUT2D eigenvalue weighted by Crippen LogP contribution is -2.02. The minimum atomic E-state index is -0.529. The van der Waals surface area contributed by atoms with Crippen LogP contribution in [-0.2, 0) is 0 Å². The molecule has 0 fully saturated rings. The largest absolute Gasteiger partial charge is 0.384 e. The van der Waals surface area contributed by atoms with E-state index >= 15 is 0 Å². The van der Waals surface area contributed by atoms with Crippen LogP contribution in [0.1, 0.15) is 5.56 Å². The van der Waals surface area contributed by atoms with E-state index in [1.54, 1.807) is 6.07 Å². The molecule has 0 saturated heterocycles. The summed E-state index contributed by atoms with van der Waals surface area (Å²) in [4.78, 5) is 14.4. The van der Waals surface area contributed by atoms with Crippen LogP contribution in [0.3, 0.4) is 0 Å². The second-order valence-corrected chi connectivity index (χ2v) is 5.33. The number of nitrogen functional groups attached to an aromatic ring is 1. The molecule has 104 valence electrons. The predicted octanol–water partition coefficient (Wildman–Crippen LogP) is 4.04. The van der Waals surface area contributed by atoms with Crippen LogP contribution in [0.5, 0.6) is 0 Å². The van der Waals surface area contributed by atoms with Gasteiger partial charge in [0.25, 0.3) is 0 Å². The van der Waals surface area contributed by atoms with Gasteiger partial charge in [-0.3, -0.25) is 10.1 Å². The number of aryl methyl sites for hydroxylation is 1. The van der Waals surface area contributed by atoms with Gasteiger partial charge in [0, 0.05) is 15.6 Å². The summed E-state index contributed by atoms with van der Waals surface area (Å²) in [5.41, 5.74) is 6.86. The molecule has 0 unspecified atom stereocenters. The molecule has 2 rings (SSSR count). The lowest BCUT2D eigenvalue weighted by molar-refractivity contribution is -0.384. The maximum Gasteiger partial charge on any atom is 0.311 e. The van der Waals surface area contributed by atoms with Crippen molar-refractivity contribution in [1.82, 2.24) is 4.98 Å². The Bertz CT molecular complexity index is 693. The summed E-state index contributed by atoms with van der Waals surface area (Å²) in [6.45, 7) is 1.86. The average molecular weight is 358 g/mol. The van der Waals surface area contributed by atoms with E-state index in [0.717, 1.165) is 10.0 Å². The number of nitrogens with zero attached hydrogens (tertiary/aromatic N) is 2. The Morgan fingerprint density at radius 1 is 1.45 bits per heavy atom. The number of hydrogen-bond acceptors (Lipinski definition) is 5.